The average molecular weight is 303 g/mol. The lowest BCUT2D eigenvalue weighted by molar-refractivity contribution is -0.121. The van der Waals surface area contributed by atoms with E-state index in [-0.39, 0.29) is 11.8 Å². The number of hydrogen-bond donors (Lipinski definition) is 2. The third kappa shape index (κ3) is 4.84. The first kappa shape index (κ1) is 16.5. The summed E-state index contributed by atoms with van der Waals surface area (Å²) in [4.78, 5) is 25.8. The molecule has 1 aromatic carbocycles. The maximum atomic E-state index is 12.3. The summed E-state index contributed by atoms with van der Waals surface area (Å²) in [5, 5.41) is 6.14. The van der Waals surface area contributed by atoms with E-state index < -0.39 is 0 Å². The van der Waals surface area contributed by atoms with Crippen molar-refractivity contribution in [2.75, 3.05) is 26.2 Å². The summed E-state index contributed by atoms with van der Waals surface area (Å²) in [5.74, 6) is 0.169. The number of unbranched alkanes of at least 4 members (excludes halogenated alkanes) is 1. The minimum Gasteiger partial charge on any atom is -0.352 e. The van der Waals surface area contributed by atoms with Crippen molar-refractivity contribution in [1.82, 2.24) is 15.5 Å². The highest BCUT2D eigenvalue weighted by atomic mass is 16.2. The lowest BCUT2D eigenvalue weighted by Gasteiger charge is -2.27. The highest BCUT2D eigenvalue weighted by molar-refractivity contribution is 5.94. The quantitative estimate of drug-likeness (QED) is 0.838. The van der Waals surface area contributed by atoms with Crippen LogP contribution in [0.25, 0.3) is 0 Å². The van der Waals surface area contributed by atoms with E-state index in [4.69, 9.17) is 0 Å². The topological polar surface area (TPSA) is 61.4 Å². The molecule has 0 saturated carbocycles. The summed E-state index contributed by atoms with van der Waals surface area (Å²) in [6, 6.07) is 7.51. The van der Waals surface area contributed by atoms with E-state index in [1.165, 1.54) is 0 Å². The molecule has 120 valence electrons. The number of piperazine rings is 1. The standard InChI is InChI=1S/C17H25N3O2/c1-2-3-4-16(21)19-13-14-5-7-15(8-6-14)17(22)20-11-9-18-10-12-20/h5-8,18H,2-4,9-13H2,1H3,(H,19,21). The molecule has 0 aliphatic carbocycles. The van der Waals surface area contributed by atoms with Crippen LogP contribution in [0.1, 0.15) is 42.1 Å². The molecule has 1 saturated heterocycles. The van der Waals surface area contributed by atoms with Crippen molar-refractivity contribution < 1.29 is 9.59 Å². The molecule has 0 aromatic heterocycles. The fraction of sp³-hybridized carbons (Fsp3) is 0.529. The summed E-state index contributed by atoms with van der Waals surface area (Å²) in [7, 11) is 0. The molecule has 0 bridgehead atoms. The monoisotopic (exact) mass is 303 g/mol. The van der Waals surface area contributed by atoms with Gasteiger partial charge in [0.25, 0.3) is 5.91 Å². The predicted octanol–water partition coefficient (Wildman–Crippen LogP) is 1.54. The highest BCUT2D eigenvalue weighted by Crippen LogP contribution is 2.09. The molecule has 1 aliphatic heterocycles. The number of nitrogens with zero attached hydrogens (tertiary/aromatic N) is 1. The number of nitrogens with one attached hydrogen (secondary N) is 2. The number of carbonyl (C=O) groups excluding carboxylic acids is 2. The first-order valence-electron chi connectivity index (χ1n) is 8.06. The molecule has 0 atom stereocenters. The number of benzene rings is 1. The third-order valence-electron chi connectivity index (χ3n) is 3.85. The molecule has 0 spiro atoms. The lowest BCUT2D eigenvalue weighted by atomic mass is 10.1. The fourth-order valence-corrected chi connectivity index (χ4v) is 2.44. The molecule has 1 fully saturated rings. The number of amides is 2. The molecule has 5 nitrogen and oxygen atoms in total. The molecular weight excluding hydrogens is 278 g/mol. The molecule has 2 rings (SSSR count). The van der Waals surface area contributed by atoms with Crippen LogP contribution in [0.4, 0.5) is 0 Å². The van der Waals surface area contributed by atoms with Gasteiger partial charge in [0, 0.05) is 44.7 Å². The van der Waals surface area contributed by atoms with Gasteiger partial charge in [-0.05, 0) is 24.1 Å². The first-order chi connectivity index (χ1) is 10.7. The van der Waals surface area contributed by atoms with Crippen molar-refractivity contribution in [3.63, 3.8) is 0 Å². The van der Waals surface area contributed by atoms with Gasteiger partial charge in [-0.3, -0.25) is 9.59 Å². The number of rotatable bonds is 6. The van der Waals surface area contributed by atoms with E-state index in [9.17, 15) is 9.59 Å². The zero-order valence-electron chi connectivity index (χ0n) is 13.2. The van der Waals surface area contributed by atoms with Gasteiger partial charge in [-0.15, -0.1) is 0 Å². The Labute approximate surface area is 132 Å². The highest BCUT2D eigenvalue weighted by Gasteiger charge is 2.17. The SMILES string of the molecule is CCCCC(=O)NCc1ccc(C(=O)N2CCNCC2)cc1. The van der Waals surface area contributed by atoms with Crippen LogP contribution in [0.15, 0.2) is 24.3 Å². The molecule has 1 aromatic rings. The maximum absolute atomic E-state index is 12.3. The number of hydrogen-bond acceptors (Lipinski definition) is 3. The van der Waals surface area contributed by atoms with Gasteiger partial charge in [-0.1, -0.05) is 25.5 Å². The summed E-state index contributed by atoms with van der Waals surface area (Å²) >= 11 is 0. The van der Waals surface area contributed by atoms with E-state index >= 15 is 0 Å². The van der Waals surface area contributed by atoms with E-state index in [1.54, 1.807) is 0 Å². The van der Waals surface area contributed by atoms with Gasteiger partial charge in [-0.2, -0.15) is 0 Å². The molecule has 1 aliphatic rings. The second-order valence-corrected chi connectivity index (χ2v) is 5.62. The second-order valence-electron chi connectivity index (χ2n) is 5.62. The zero-order valence-corrected chi connectivity index (χ0v) is 13.2. The molecule has 1 heterocycles. The largest absolute Gasteiger partial charge is 0.352 e. The molecule has 0 unspecified atom stereocenters. The Bertz CT molecular complexity index is 493. The Kier molecular flexibility index (Phi) is 6.40. The van der Waals surface area contributed by atoms with Crippen molar-refractivity contribution in [2.45, 2.75) is 32.7 Å². The molecule has 2 N–H and O–H groups in total. The van der Waals surface area contributed by atoms with E-state index in [2.05, 4.69) is 17.6 Å². The van der Waals surface area contributed by atoms with Crippen LogP contribution < -0.4 is 10.6 Å². The first-order valence-corrected chi connectivity index (χ1v) is 8.06. The van der Waals surface area contributed by atoms with Gasteiger partial charge in [0.15, 0.2) is 0 Å². The minimum absolute atomic E-state index is 0.0834. The van der Waals surface area contributed by atoms with Gasteiger partial charge in [-0.25, -0.2) is 0 Å². The smallest absolute Gasteiger partial charge is 0.253 e. The molecular formula is C17H25N3O2. The van der Waals surface area contributed by atoms with Crippen LogP contribution in [-0.4, -0.2) is 42.9 Å². The average Bonchev–Trinajstić information content (AvgIpc) is 2.58. The van der Waals surface area contributed by atoms with Gasteiger partial charge >= 0.3 is 0 Å². The van der Waals surface area contributed by atoms with Crippen LogP contribution in [0, 0.1) is 0 Å². The normalized spacial score (nSPS) is 14.7. The number of carbonyl (C=O) groups is 2. The van der Waals surface area contributed by atoms with Crippen molar-refractivity contribution in [3.8, 4) is 0 Å². The second kappa shape index (κ2) is 8.54. The summed E-state index contributed by atoms with van der Waals surface area (Å²) in [6.45, 7) is 5.81. The van der Waals surface area contributed by atoms with Gasteiger partial charge in [0.05, 0.1) is 0 Å². The van der Waals surface area contributed by atoms with Crippen LogP contribution in [-0.2, 0) is 11.3 Å². The predicted molar refractivity (Wildman–Crippen MR) is 86.6 cm³/mol. The summed E-state index contributed by atoms with van der Waals surface area (Å²) in [5.41, 5.74) is 1.73. The van der Waals surface area contributed by atoms with E-state index in [0.717, 1.165) is 44.6 Å². The van der Waals surface area contributed by atoms with Crippen molar-refractivity contribution >= 4 is 11.8 Å². The third-order valence-corrected chi connectivity index (χ3v) is 3.85. The summed E-state index contributed by atoms with van der Waals surface area (Å²) in [6.07, 6.45) is 2.52. The minimum atomic E-state index is 0.0834. The van der Waals surface area contributed by atoms with Crippen molar-refractivity contribution in [1.29, 1.82) is 0 Å². The Morgan fingerprint density at radius 1 is 1.18 bits per heavy atom. The summed E-state index contributed by atoms with van der Waals surface area (Å²) < 4.78 is 0. The van der Waals surface area contributed by atoms with Crippen LogP contribution in [0.3, 0.4) is 0 Å². The Morgan fingerprint density at radius 2 is 1.86 bits per heavy atom. The van der Waals surface area contributed by atoms with E-state index in [1.807, 2.05) is 29.2 Å². The molecule has 2 amide bonds. The van der Waals surface area contributed by atoms with Gasteiger partial charge < -0.3 is 15.5 Å². The zero-order chi connectivity index (χ0) is 15.8. The van der Waals surface area contributed by atoms with Crippen LogP contribution in [0.2, 0.25) is 0 Å². The van der Waals surface area contributed by atoms with Crippen LogP contribution in [0.5, 0.6) is 0 Å². The maximum Gasteiger partial charge on any atom is 0.253 e. The van der Waals surface area contributed by atoms with Gasteiger partial charge in [0.2, 0.25) is 5.91 Å². The fourth-order valence-electron chi connectivity index (χ4n) is 2.44. The Hall–Kier alpha value is -1.88. The van der Waals surface area contributed by atoms with Crippen molar-refractivity contribution in [2.24, 2.45) is 0 Å². The Balaban J connectivity index is 1.84. The molecule has 0 radical (unpaired) electrons. The molecule has 22 heavy (non-hydrogen) atoms. The van der Waals surface area contributed by atoms with Crippen LogP contribution >= 0.6 is 0 Å². The van der Waals surface area contributed by atoms with Crippen molar-refractivity contribution in [3.05, 3.63) is 35.4 Å². The lowest BCUT2D eigenvalue weighted by Crippen LogP contribution is -2.46. The molecule has 5 heteroatoms. The van der Waals surface area contributed by atoms with E-state index in [0.29, 0.717) is 18.5 Å². The van der Waals surface area contributed by atoms with Gasteiger partial charge in [0.1, 0.15) is 0 Å². The Morgan fingerprint density at radius 3 is 2.50 bits per heavy atom.